The monoisotopic (exact) mass is 426 g/mol. The van der Waals surface area contributed by atoms with E-state index < -0.39 is 19.5 Å². The minimum Gasteiger partial charge on any atom is -0.381 e. The van der Waals surface area contributed by atoms with Gasteiger partial charge in [0.15, 0.2) is 5.78 Å². The maximum absolute atomic E-state index is 12.5. The van der Waals surface area contributed by atoms with E-state index in [9.17, 15) is 24.3 Å². The molecule has 3 fully saturated rings. The molecular formula is C22H35O6P. The maximum Gasteiger partial charge on any atom is 0.469 e. The fraction of sp³-hybridized carbons (Fsp3) is 0.864. The highest BCUT2D eigenvalue weighted by atomic mass is 31.2. The Balaban J connectivity index is 1.62. The second-order valence-corrected chi connectivity index (χ2v) is 11.8. The number of ketones is 1. The van der Waals surface area contributed by atoms with Crippen molar-refractivity contribution in [3.05, 3.63) is 11.6 Å². The molecule has 7 heteroatoms. The van der Waals surface area contributed by atoms with Crippen LogP contribution in [-0.4, -0.2) is 32.4 Å². The van der Waals surface area contributed by atoms with Crippen molar-refractivity contribution < 1.29 is 28.8 Å². The molecule has 4 rings (SSSR count). The molecule has 0 heterocycles. The summed E-state index contributed by atoms with van der Waals surface area (Å²) in [7, 11) is -4.47. The lowest BCUT2D eigenvalue weighted by atomic mass is 9.46. The summed E-state index contributed by atoms with van der Waals surface area (Å²) in [6.07, 6.45) is 7.59. The zero-order valence-electron chi connectivity index (χ0n) is 17.9. The Morgan fingerprint density at radius 1 is 1.21 bits per heavy atom. The smallest absolute Gasteiger partial charge is 0.381 e. The van der Waals surface area contributed by atoms with Crippen LogP contribution in [0.15, 0.2) is 11.6 Å². The van der Waals surface area contributed by atoms with Crippen LogP contribution < -0.4 is 0 Å². The van der Waals surface area contributed by atoms with E-state index in [0.717, 1.165) is 32.1 Å². The number of hydrogen-bond donors (Lipinski definition) is 3. The van der Waals surface area contributed by atoms with Gasteiger partial charge in [-0.05, 0) is 81.0 Å². The lowest BCUT2D eigenvalue weighted by Crippen LogP contribution is -2.58. The fourth-order valence-electron chi connectivity index (χ4n) is 8.00. The van der Waals surface area contributed by atoms with Crippen molar-refractivity contribution >= 4 is 13.6 Å². The van der Waals surface area contributed by atoms with E-state index in [2.05, 4.69) is 19.9 Å². The number of allylic oxidation sites excluding steroid dienone is 1. The molecule has 0 amide bonds. The number of aliphatic hydroxyl groups is 1. The van der Waals surface area contributed by atoms with Crippen LogP contribution >= 0.6 is 7.82 Å². The van der Waals surface area contributed by atoms with Crippen LogP contribution in [0.2, 0.25) is 0 Å². The van der Waals surface area contributed by atoms with Crippen LogP contribution in [0.1, 0.15) is 72.6 Å². The minimum absolute atomic E-state index is 0.0131. The SMILES string of the molecule is CC(=O)[C@@]1(O)[C@H](C)CC2C3CC=C4CC(OP(=O)(O)O)CC[C@]4(C)C3CC[C@@]21C. The molecule has 4 aliphatic carbocycles. The second-order valence-electron chi connectivity index (χ2n) is 10.6. The van der Waals surface area contributed by atoms with Crippen molar-refractivity contribution in [2.24, 2.45) is 34.5 Å². The molecule has 0 aromatic rings. The first-order valence-corrected chi connectivity index (χ1v) is 12.5. The predicted molar refractivity (Wildman–Crippen MR) is 109 cm³/mol. The zero-order chi connectivity index (χ0) is 21.4. The van der Waals surface area contributed by atoms with E-state index in [1.54, 1.807) is 6.92 Å². The largest absolute Gasteiger partial charge is 0.469 e. The molecular weight excluding hydrogens is 391 g/mol. The number of carbonyl (C=O) groups is 1. The average Bonchev–Trinajstić information content (AvgIpc) is 2.82. The highest BCUT2D eigenvalue weighted by molar-refractivity contribution is 7.46. The van der Waals surface area contributed by atoms with Crippen LogP contribution in [-0.2, 0) is 13.9 Å². The lowest BCUT2D eigenvalue weighted by molar-refractivity contribution is -0.165. The van der Waals surface area contributed by atoms with Gasteiger partial charge in [-0.1, -0.05) is 32.4 Å². The third-order valence-corrected chi connectivity index (χ3v) is 10.0. The summed E-state index contributed by atoms with van der Waals surface area (Å²) in [6, 6.07) is 0. The molecule has 0 spiro atoms. The van der Waals surface area contributed by atoms with Crippen LogP contribution in [0.25, 0.3) is 0 Å². The van der Waals surface area contributed by atoms with Gasteiger partial charge < -0.3 is 14.9 Å². The van der Waals surface area contributed by atoms with Crippen molar-refractivity contribution in [1.82, 2.24) is 0 Å². The third-order valence-electron chi connectivity index (χ3n) is 9.46. The highest BCUT2D eigenvalue weighted by Crippen LogP contribution is 2.68. The summed E-state index contributed by atoms with van der Waals surface area (Å²) in [4.78, 5) is 30.9. The van der Waals surface area contributed by atoms with E-state index in [-0.39, 0.29) is 22.5 Å². The van der Waals surface area contributed by atoms with Gasteiger partial charge in [-0.25, -0.2) is 4.57 Å². The van der Waals surface area contributed by atoms with Crippen molar-refractivity contribution in [2.75, 3.05) is 0 Å². The molecule has 6 nitrogen and oxygen atoms in total. The molecule has 4 unspecified atom stereocenters. The van der Waals surface area contributed by atoms with Crippen molar-refractivity contribution in [3.63, 3.8) is 0 Å². The van der Waals surface area contributed by atoms with Crippen LogP contribution in [0, 0.1) is 34.5 Å². The molecule has 3 saturated carbocycles. The number of fused-ring (bicyclic) bond motifs is 5. The molecule has 0 aromatic carbocycles. The summed E-state index contributed by atoms with van der Waals surface area (Å²) in [6.45, 7) is 8.00. The maximum atomic E-state index is 12.5. The molecule has 0 radical (unpaired) electrons. The molecule has 3 N–H and O–H groups in total. The van der Waals surface area contributed by atoms with E-state index >= 15 is 0 Å². The van der Waals surface area contributed by atoms with Gasteiger partial charge in [-0.3, -0.25) is 9.32 Å². The van der Waals surface area contributed by atoms with E-state index in [0.29, 0.717) is 30.6 Å². The van der Waals surface area contributed by atoms with Gasteiger partial charge in [0, 0.05) is 5.41 Å². The highest BCUT2D eigenvalue weighted by Gasteiger charge is 2.67. The molecule has 4 aliphatic rings. The molecule has 0 aliphatic heterocycles. The normalized spacial score (nSPS) is 49.6. The van der Waals surface area contributed by atoms with Crippen LogP contribution in [0.3, 0.4) is 0 Å². The summed E-state index contributed by atoms with van der Waals surface area (Å²) >= 11 is 0. The van der Waals surface area contributed by atoms with E-state index in [1.165, 1.54) is 5.57 Å². The predicted octanol–water partition coefficient (Wildman–Crippen LogP) is 3.99. The summed E-state index contributed by atoms with van der Waals surface area (Å²) in [5.41, 5.74) is -0.316. The van der Waals surface area contributed by atoms with Gasteiger partial charge in [0.25, 0.3) is 0 Å². The Labute approximate surface area is 173 Å². The average molecular weight is 426 g/mol. The van der Waals surface area contributed by atoms with Gasteiger partial charge in [0.05, 0.1) is 6.10 Å². The number of carbonyl (C=O) groups excluding carboxylic acids is 1. The quantitative estimate of drug-likeness (QED) is 0.466. The van der Waals surface area contributed by atoms with E-state index in [1.807, 2.05) is 6.92 Å². The summed E-state index contributed by atoms with van der Waals surface area (Å²) in [5, 5.41) is 11.5. The number of Topliss-reactive ketones (excluding diaryl/α,β-unsaturated/α-hetero) is 1. The van der Waals surface area contributed by atoms with Gasteiger partial charge in [0.2, 0.25) is 0 Å². The number of phosphoric ester groups is 1. The minimum atomic E-state index is -4.47. The molecule has 8 atom stereocenters. The van der Waals surface area contributed by atoms with E-state index in [4.69, 9.17) is 4.52 Å². The molecule has 0 bridgehead atoms. The fourth-order valence-corrected chi connectivity index (χ4v) is 8.57. The molecule has 29 heavy (non-hydrogen) atoms. The molecule has 0 saturated heterocycles. The van der Waals surface area contributed by atoms with Crippen LogP contribution in [0.5, 0.6) is 0 Å². The summed E-state index contributed by atoms with van der Waals surface area (Å²) in [5.74, 6) is 1.13. The topological polar surface area (TPSA) is 104 Å². The Bertz CT molecular complexity index is 788. The first kappa shape index (κ1) is 21.7. The van der Waals surface area contributed by atoms with Crippen molar-refractivity contribution in [1.29, 1.82) is 0 Å². The van der Waals surface area contributed by atoms with Crippen molar-refractivity contribution in [3.8, 4) is 0 Å². The Kier molecular flexibility index (Phi) is 5.04. The van der Waals surface area contributed by atoms with Gasteiger partial charge in [0.1, 0.15) is 5.60 Å². The molecule has 0 aromatic heterocycles. The molecule has 164 valence electrons. The standard InChI is InChI=1S/C22H35O6P/c1-13-11-19-17-6-5-15-12-16(28-29(25,26)27)7-9-20(15,3)18(17)8-10-21(19,4)22(13,24)14(2)23/h5,13,16-19,24H,6-12H2,1-4H3,(H2,25,26,27)/t13-,16?,17?,18?,19?,20+,21+,22+/m1/s1. The first-order valence-electron chi connectivity index (χ1n) is 11.0. The van der Waals surface area contributed by atoms with Gasteiger partial charge in [-0.2, -0.15) is 0 Å². The van der Waals surface area contributed by atoms with Gasteiger partial charge >= 0.3 is 7.82 Å². The lowest BCUT2D eigenvalue weighted by Gasteiger charge is -2.58. The Morgan fingerprint density at radius 2 is 1.90 bits per heavy atom. The van der Waals surface area contributed by atoms with Gasteiger partial charge in [-0.15, -0.1) is 0 Å². The third kappa shape index (κ3) is 3.05. The second kappa shape index (κ2) is 6.74. The number of phosphoric acid groups is 1. The Hall–Kier alpha value is -0.520. The van der Waals surface area contributed by atoms with Crippen molar-refractivity contribution in [2.45, 2.75) is 84.3 Å². The van der Waals surface area contributed by atoms with Crippen LogP contribution in [0.4, 0.5) is 0 Å². The summed E-state index contributed by atoms with van der Waals surface area (Å²) < 4.78 is 16.3. The zero-order valence-corrected chi connectivity index (χ0v) is 18.8. The Morgan fingerprint density at radius 3 is 2.52 bits per heavy atom. The number of hydrogen-bond acceptors (Lipinski definition) is 4. The number of rotatable bonds is 3. The first-order chi connectivity index (χ1) is 13.3.